The van der Waals surface area contributed by atoms with E-state index in [2.05, 4.69) is 12.2 Å². The summed E-state index contributed by atoms with van der Waals surface area (Å²) in [5.41, 5.74) is 2.00. The predicted octanol–water partition coefficient (Wildman–Crippen LogP) is 2.65. The van der Waals surface area contributed by atoms with Gasteiger partial charge in [0.25, 0.3) is 0 Å². The fourth-order valence-electron chi connectivity index (χ4n) is 2.54. The van der Waals surface area contributed by atoms with Gasteiger partial charge in [0.05, 0.1) is 5.56 Å². The molecular formula is C15H20N2O3. The molecule has 5 nitrogen and oxygen atoms in total. The molecule has 20 heavy (non-hydrogen) atoms. The molecule has 0 aliphatic carbocycles. The fraction of sp³-hybridized carbons (Fsp3) is 0.467. The lowest BCUT2D eigenvalue weighted by molar-refractivity contribution is 0.0697. The summed E-state index contributed by atoms with van der Waals surface area (Å²) in [5, 5.41) is 11.9. The Morgan fingerprint density at radius 2 is 2.20 bits per heavy atom. The van der Waals surface area contributed by atoms with Gasteiger partial charge in [-0.3, -0.25) is 4.90 Å². The molecule has 0 aromatic heterocycles. The number of benzene rings is 1. The van der Waals surface area contributed by atoms with E-state index in [4.69, 9.17) is 5.11 Å². The van der Waals surface area contributed by atoms with Gasteiger partial charge < -0.3 is 10.4 Å². The molecule has 0 saturated heterocycles. The number of fused-ring (bicyclic) bond motifs is 1. The monoisotopic (exact) mass is 276 g/mol. The van der Waals surface area contributed by atoms with E-state index in [-0.39, 0.29) is 17.6 Å². The molecule has 0 fully saturated rings. The number of nitrogens with one attached hydrogen (secondary N) is 1. The Kier molecular flexibility index (Phi) is 4.27. The number of hydrogen-bond acceptors (Lipinski definition) is 2. The highest BCUT2D eigenvalue weighted by Crippen LogP contribution is 2.29. The molecule has 2 amide bonds. The number of nitrogens with zero attached hydrogens (tertiary/aromatic N) is 1. The zero-order valence-electron chi connectivity index (χ0n) is 11.8. The second-order valence-electron chi connectivity index (χ2n) is 5.19. The Labute approximate surface area is 118 Å². The first-order valence-electron chi connectivity index (χ1n) is 6.97. The molecule has 1 unspecified atom stereocenters. The molecule has 0 radical (unpaired) electrons. The van der Waals surface area contributed by atoms with Crippen LogP contribution in [0.2, 0.25) is 0 Å². The van der Waals surface area contributed by atoms with Crippen LogP contribution in [0.1, 0.15) is 42.6 Å². The third kappa shape index (κ3) is 2.92. The normalized spacial score (nSPS) is 14.8. The second-order valence-corrected chi connectivity index (χ2v) is 5.19. The summed E-state index contributed by atoms with van der Waals surface area (Å²) in [6.45, 7) is 4.68. The van der Waals surface area contributed by atoms with Gasteiger partial charge in [-0.1, -0.05) is 13.3 Å². The molecule has 0 spiro atoms. The highest BCUT2D eigenvalue weighted by molar-refractivity contribution is 5.96. The molecule has 0 saturated carbocycles. The molecular weight excluding hydrogens is 256 g/mol. The standard InChI is InChI=1S/C15H20N2O3/c1-3-4-10(2)16-15(20)17-8-7-11-9-12(14(18)19)5-6-13(11)17/h5-6,9-10H,3-4,7-8H2,1-2H3,(H,16,20)(H,18,19). The number of amides is 2. The van der Waals surface area contributed by atoms with Gasteiger partial charge in [0.1, 0.15) is 0 Å². The number of urea groups is 1. The van der Waals surface area contributed by atoms with E-state index in [0.717, 1.165) is 24.1 Å². The van der Waals surface area contributed by atoms with Crippen molar-refractivity contribution in [2.45, 2.75) is 39.2 Å². The van der Waals surface area contributed by atoms with Crippen molar-refractivity contribution in [3.63, 3.8) is 0 Å². The second kappa shape index (κ2) is 5.94. The third-order valence-electron chi connectivity index (χ3n) is 3.56. The zero-order valence-corrected chi connectivity index (χ0v) is 11.8. The van der Waals surface area contributed by atoms with Crippen LogP contribution in [-0.4, -0.2) is 29.7 Å². The number of rotatable bonds is 4. The first-order chi connectivity index (χ1) is 9.52. The van der Waals surface area contributed by atoms with E-state index in [1.807, 2.05) is 6.92 Å². The lowest BCUT2D eigenvalue weighted by Crippen LogP contribution is -2.43. The van der Waals surface area contributed by atoms with Crippen LogP contribution in [0.3, 0.4) is 0 Å². The quantitative estimate of drug-likeness (QED) is 0.888. The van der Waals surface area contributed by atoms with Crippen molar-refractivity contribution in [3.8, 4) is 0 Å². The third-order valence-corrected chi connectivity index (χ3v) is 3.56. The number of carboxylic acid groups (broad SMARTS) is 1. The summed E-state index contributed by atoms with van der Waals surface area (Å²) in [5.74, 6) is -0.938. The number of aromatic carboxylic acids is 1. The van der Waals surface area contributed by atoms with Gasteiger partial charge in [0.15, 0.2) is 0 Å². The van der Waals surface area contributed by atoms with Crippen LogP contribution in [-0.2, 0) is 6.42 Å². The van der Waals surface area contributed by atoms with E-state index in [0.29, 0.717) is 13.0 Å². The zero-order chi connectivity index (χ0) is 14.7. The van der Waals surface area contributed by atoms with Crippen molar-refractivity contribution in [2.24, 2.45) is 0 Å². The van der Waals surface area contributed by atoms with Crippen molar-refractivity contribution in [1.29, 1.82) is 0 Å². The number of carboxylic acids is 1. The summed E-state index contributed by atoms with van der Waals surface area (Å²) in [7, 11) is 0. The molecule has 2 rings (SSSR count). The van der Waals surface area contributed by atoms with Crippen LogP contribution in [0.15, 0.2) is 18.2 Å². The lowest BCUT2D eigenvalue weighted by atomic mass is 10.1. The first-order valence-corrected chi connectivity index (χ1v) is 6.97. The van der Waals surface area contributed by atoms with Gasteiger partial charge in [-0.05, 0) is 43.5 Å². The maximum absolute atomic E-state index is 12.2. The SMILES string of the molecule is CCCC(C)NC(=O)N1CCc2cc(C(=O)O)ccc21. The summed E-state index contributed by atoms with van der Waals surface area (Å²) < 4.78 is 0. The van der Waals surface area contributed by atoms with Crippen LogP contribution in [0, 0.1) is 0 Å². The highest BCUT2D eigenvalue weighted by atomic mass is 16.4. The van der Waals surface area contributed by atoms with Gasteiger partial charge in [0, 0.05) is 18.3 Å². The molecule has 1 aliphatic heterocycles. The maximum atomic E-state index is 12.2. The van der Waals surface area contributed by atoms with Crippen LogP contribution in [0.25, 0.3) is 0 Å². The molecule has 1 aromatic rings. The lowest BCUT2D eigenvalue weighted by Gasteiger charge is -2.21. The van der Waals surface area contributed by atoms with Crippen molar-refractivity contribution < 1.29 is 14.7 Å². The topological polar surface area (TPSA) is 69.6 Å². The summed E-state index contributed by atoms with van der Waals surface area (Å²) >= 11 is 0. The number of carbonyl (C=O) groups is 2. The Morgan fingerprint density at radius 1 is 1.45 bits per heavy atom. The van der Waals surface area contributed by atoms with E-state index in [1.54, 1.807) is 23.1 Å². The van der Waals surface area contributed by atoms with Crippen molar-refractivity contribution in [1.82, 2.24) is 5.32 Å². The summed E-state index contributed by atoms with van der Waals surface area (Å²) in [6.07, 6.45) is 2.68. The Hall–Kier alpha value is -2.04. The number of hydrogen-bond donors (Lipinski definition) is 2. The van der Waals surface area contributed by atoms with Crippen LogP contribution < -0.4 is 10.2 Å². The number of anilines is 1. The van der Waals surface area contributed by atoms with Gasteiger partial charge in [-0.15, -0.1) is 0 Å². The van der Waals surface area contributed by atoms with Gasteiger partial charge in [-0.2, -0.15) is 0 Å². The van der Waals surface area contributed by atoms with Crippen molar-refractivity contribution in [3.05, 3.63) is 29.3 Å². The molecule has 5 heteroatoms. The molecule has 0 bridgehead atoms. The molecule has 1 aromatic carbocycles. The smallest absolute Gasteiger partial charge is 0.335 e. The van der Waals surface area contributed by atoms with Crippen molar-refractivity contribution in [2.75, 3.05) is 11.4 Å². The Morgan fingerprint density at radius 3 is 2.85 bits per heavy atom. The molecule has 1 atom stereocenters. The molecule has 1 heterocycles. The minimum Gasteiger partial charge on any atom is -0.478 e. The van der Waals surface area contributed by atoms with E-state index in [9.17, 15) is 9.59 Å². The minimum atomic E-state index is -0.938. The number of carbonyl (C=O) groups excluding carboxylic acids is 1. The fourth-order valence-corrected chi connectivity index (χ4v) is 2.54. The van der Waals surface area contributed by atoms with Crippen molar-refractivity contribution >= 4 is 17.7 Å². The minimum absolute atomic E-state index is 0.104. The Bertz CT molecular complexity index is 528. The first kappa shape index (κ1) is 14.4. The largest absolute Gasteiger partial charge is 0.478 e. The van der Waals surface area contributed by atoms with Gasteiger partial charge in [0.2, 0.25) is 0 Å². The van der Waals surface area contributed by atoms with E-state index < -0.39 is 5.97 Å². The van der Waals surface area contributed by atoms with Gasteiger partial charge in [-0.25, -0.2) is 9.59 Å². The van der Waals surface area contributed by atoms with E-state index in [1.165, 1.54) is 0 Å². The average molecular weight is 276 g/mol. The Balaban J connectivity index is 2.11. The van der Waals surface area contributed by atoms with Crippen LogP contribution in [0.5, 0.6) is 0 Å². The predicted molar refractivity (Wildman–Crippen MR) is 77.4 cm³/mol. The summed E-state index contributed by atoms with van der Waals surface area (Å²) in [4.78, 5) is 24.8. The molecule has 1 aliphatic rings. The average Bonchev–Trinajstić information content (AvgIpc) is 2.81. The van der Waals surface area contributed by atoms with E-state index >= 15 is 0 Å². The van der Waals surface area contributed by atoms with Gasteiger partial charge >= 0.3 is 12.0 Å². The molecule has 108 valence electrons. The summed E-state index contributed by atoms with van der Waals surface area (Å²) in [6, 6.07) is 4.96. The highest BCUT2D eigenvalue weighted by Gasteiger charge is 2.26. The van der Waals surface area contributed by atoms with Crippen LogP contribution in [0.4, 0.5) is 10.5 Å². The van der Waals surface area contributed by atoms with Crippen LogP contribution >= 0.6 is 0 Å². The molecule has 2 N–H and O–H groups in total. The maximum Gasteiger partial charge on any atom is 0.335 e.